The minimum Gasteiger partial charge on any atom is -0.350 e. The summed E-state index contributed by atoms with van der Waals surface area (Å²) in [4.78, 5) is 14.1. The number of alkyl halides is 2. The molecule has 1 N–H and O–H groups in total. The number of nitrogens with one attached hydrogen (secondary N) is 1. The van der Waals surface area contributed by atoms with Crippen LogP contribution in [0, 0.1) is 12.8 Å². The minimum atomic E-state index is -2.58. The lowest BCUT2D eigenvalue weighted by Gasteiger charge is -2.40. The van der Waals surface area contributed by atoms with Crippen LogP contribution in [0.4, 0.5) is 13.9 Å². The summed E-state index contributed by atoms with van der Waals surface area (Å²) in [5.41, 5.74) is 0. The first-order chi connectivity index (χ1) is 9.93. The van der Waals surface area contributed by atoms with E-state index in [4.69, 9.17) is 0 Å². The SMILES string of the molecule is Cc1nnc(N2CC(NC(=O)C3CCC(F)(F)CC3)C2)s1. The van der Waals surface area contributed by atoms with Gasteiger partial charge in [0.15, 0.2) is 0 Å². The zero-order valence-corrected chi connectivity index (χ0v) is 12.6. The molecule has 116 valence electrons. The normalized spacial score (nSPS) is 22.9. The molecular formula is C13H18F2N4OS. The van der Waals surface area contributed by atoms with Gasteiger partial charge < -0.3 is 10.2 Å². The molecule has 0 aromatic carbocycles. The van der Waals surface area contributed by atoms with Gasteiger partial charge in [0.05, 0.1) is 6.04 Å². The molecule has 0 bridgehead atoms. The van der Waals surface area contributed by atoms with Crippen molar-refractivity contribution in [2.45, 2.75) is 44.6 Å². The van der Waals surface area contributed by atoms with Crippen molar-refractivity contribution in [3.8, 4) is 0 Å². The molecule has 5 nitrogen and oxygen atoms in total. The smallest absolute Gasteiger partial charge is 0.248 e. The van der Waals surface area contributed by atoms with Crippen LogP contribution < -0.4 is 10.2 Å². The maximum absolute atomic E-state index is 13.1. The summed E-state index contributed by atoms with van der Waals surface area (Å²) in [7, 11) is 0. The number of hydrogen-bond acceptors (Lipinski definition) is 5. The molecule has 1 saturated carbocycles. The van der Waals surface area contributed by atoms with E-state index in [9.17, 15) is 13.6 Å². The largest absolute Gasteiger partial charge is 0.350 e. The van der Waals surface area contributed by atoms with Crippen LogP contribution in [0.15, 0.2) is 0 Å². The van der Waals surface area contributed by atoms with E-state index < -0.39 is 5.92 Å². The number of aromatic nitrogens is 2. The third-order valence-corrected chi connectivity index (χ3v) is 5.00. The van der Waals surface area contributed by atoms with Gasteiger partial charge in [-0.25, -0.2) is 8.78 Å². The van der Waals surface area contributed by atoms with Crippen molar-refractivity contribution in [2.24, 2.45) is 5.92 Å². The Kier molecular flexibility index (Phi) is 3.81. The van der Waals surface area contributed by atoms with Gasteiger partial charge in [-0.15, -0.1) is 10.2 Å². The van der Waals surface area contributed by atoms with Crippen molar-refractivity contribution in [3.63, 3.8) is 0 Å². The summed E-state index contributed by atoms with van der Waals surface area (Å²) in [6, 6.07) is 0.0872. The van der Waals surface area contributed by atoms with Gasteiger partial charge in [-0.3, -0.25) is 4.79 Å². The molecule has 1 saturated heterocycles. The number of carbonyl (C=O) groups excluding carboxylic acids is 1. The molecule has 8 heteroatoms. The second-order valence-corrected chi connectivity index (χ2v) is 7.00. The van der Waals surface area contributed by atoms with E-state index in [1.54, 1.807) is 0 Å². The van der Waals surface area contributed by atoms with E-state index in [-0.39, 0.29) is 43.6 Å². The lowest BCUT2D eigenvalue weighted by molar-refractivity contribution is -0.130. The lowest BCUT2D eigenvalue weighted by Crippen LogP contribution is -2.60. The van der Waals surface area contributed by atoms with Crippen molar-refractivity contribution >= 4 is 22.4 Å². The van der Waals surface area contributed by atoms with E-state index in [0.717, 1.165) is 10.1 Å². The standard InChI is InChI=1S/C13H18F2N4OS/c1-8-17-18-12(21-8)19-6-10(7-19)16-11(20)9-2-4-13(14,15)5-3-9/h9-10H,2-7H2,1H3,(H,16,20). The minimum absolute atomic E-state index is 0.0800. The van der Waals surface area contributed by atoms with E-state index >= 15 is 0 Å². The number of carbonyl (C=O) groups is 1. The van der Waals surface area contributed by atoms with Gasteiger partial charge in [-0.05, 0) is 19.8 Å². The van der Waals surface area contributed by atoms with Gasteiger partial charge in [-0.2, -0.15) is 0 Å². The third-order valence-electron chi connectivity index (χ3n) is 4.10. The number of halogens is 2. The van der Waals surface area contributed by atoms with Crippen molar-refractivity contribution < 1.29 is 13.6 Å². The first-order valence-corrected chi connectivity index (χ1v) is 7.98. The summed E-state index contributed by atoms with van der Waals surface area (Å²) in [5.74, 6) is -2.93. The Bertz CT molecular complexity index is 520. The van der Waals surface area contributed by atoms with Crippen LogP contribution in [0.5, 0.6) is 0 Å². The molecule has 21 heavy (non-hydrogen) atoms. The van der Waals surface area contributed by atoms with Crippen LogP contribution in [0.3, 0.4) is 0 Å². The fraction of sp³-hybridized carbons (Fsp3) is 0.769. The molecule has 0 radical (unpaired) electrons. The van der Waals surface area contributed by atoms with Crippen LogP contribution in [0.2, 0.25) is 0 Å². The zero-order valence-electron chi connectivity index (χ0n) is 11.8. The first-order valence-electron chi connectivity index (χ1n) is 7.16. The molecule has 2 aliphatic rings. The van der Waals surface area contributed by atoms with Crippen molar-refractivity contribution in [3.05, 3.63) is 5.01 Å². The van der Waals surface area contributed by atoms with Crippen LogP contribution in [-0.2, 0) is 4.79 Å². The zero-order chi connectivity index (χ0) is 15.0. The highest BCUT2D eigenvalue weighted by atomic mass is 32.1. The van der Waals surface area contributed by atoms with E-state index in [0.29, 0.717) is 13.1 Å². The molecule has 1 aliphatic heterocycles. The molecule has 1 aromatic heterocycles. The number of anilines is 1. The van der Waals surface area contributed by atoms with Crippen LogP contribution in [-0.4, -0.2) is 41.2 Å². The Balaban J connectivity index is 1.43. The molecule has 2 heterocycles. The predicted molar refractivity (Wildman–Crippen MR) is 75.7 cm³/mol. The highest BCUT2D eigenvalue weighted by molar-refractivity contribution is 7.15. The molecule has 1 aliphatic carbocycles. The van der Waals surface area contributed by atoms with E-state index in [1.165, 1.54) is 11.3 Å². The quantitative estimate of drug-likeness (QED) is 0.926. The molecule has 0 atom stereocenters. The number of aryl methyl sites for hydroxylation is 1. The second-order valence-electron chi connectivity index (χ2n) is 5.84. The summed E-state index contributed by atoms with van der Waals surface area (Å²) in [5, 5.41) is 12.8. The molecule has 0 unspecified atom stereocenters. The van der Waals surface area contributed by atoms with E-state index in [2.05, 4.69) is 20.4 Å². The fourth-order valence-electron chi connectivity index (χ4n) is 2.76. The number of amides is 1. The molecule has 1 amide bonds. The average molecular weight is 316 g/mol. The first kappa shape index (κ1) is 14.6. The summed E-state index contributed by atoms with van der Waals surface area (Å²) >= 11 is 1.53. The summed E-state index contributed by atoms with van der Waals surface area (Å²) < 4.78 is 26.1. The summed E-state index contributed by atoms with van der Waals surface area (Å²) in [6.07, 6.45) is 0.216. The van der Waals surface area contributed by atoms with Gasteiger partial charge in [0.1, 0.15) is 5.01 Å². The van der Waals surface area contributed by atoms with Gasteiger partial charge in [0.2, 0.25) is 17.0 Å². The van der Waals surface area contributed by atoms with Crippen molar-refractivity contribution in [1.29, 1.82) is 0 Å². The van der Waals surface area contributed by atoms with E-state index in [1.807, 2.05) is 6.92 Å². The van der Waals surface area contributed by atoms with Gasteiger partial charge in [0, 0.05) is 31.8 Å². The van der Waals surface area contributed by atoms with Gasteiger partial charge in [-0.1, -0.05) is 11.3 Å². The predicted octanol–water partition coefficient (Wildman–Crippen LogP) is 1.98. The van der Waals surface area contributed by atoms with Gasteiger partial charge in [0.25, 0.3) is 0 Å². The average Bonchev–Trinajstić information content (AvgIpc) is 2.79. The Morgan fingerprint density at radius 2 is 2.00 bits per heavy atom. The summed E-state index contributed by atoms with van der Waals surface area (Å²) in [6.45, 7) is 3.32. The van der Waals surface area contributed by atoms with Crippen LogP contribution in [0.1, 0.15) is 30.7 Å². The highest BCUT2D eigenvalue weighted by Crippen LogP contribution is 2.36. The topological polar surface area (TPSA) is 58.1 Å². The molecule has 0 spiro atoms. The van der Waals surface area contributed by atoms with Crippen molar-refractivity contribution in [2.75, 3.05) is 18.0 Å². The van der Waals surface area contributed by atoms with Crippen LogP contribution in [0.25, 0.3) is 0 Å². The molecule has 1 aromatic rings. The maximum atomic E-state index is 13.1. The molecule has 3 rings (SSSR count). The van der Waals surface area contributed by atoms with Gasteiger partial charge >= 0.3 is 0 Å². The Hall–Kier alpha value is -1.31. The van der Waals surface area contributed by atoms with Crippen LogP contribution >= 0.6 is 11.3 Å². The molecular weight excluding hydrogens is 298 g/mol. The number of nitrogens with zero attached hydrogens (tertiary/aromatic N) is 3. The highest BCUT2D eigenvalue weighted by Gasteiger charge is 2.39. The molecule has 2 fully saturated rings. The fourth-order valence-corrected chi connectivity index (χ4v) is 3.47. The Morgan fingerprint density at radius 1 is 1.33 bits per heavy atom. The number of hydrogen-bond donors (Lipinski definition) is 1. The lowest BCUT2D eigenvalue weighted by atomic mass is 9.86. The van der Waals surface area contributed by atoms with Crippen molar-refractivity contribution in [1.82, 2.24) is 15.5 Å². The second kappa shape index (κ2) is 5.47. The maximum Gasteiger partial charge on any atom is 0.248 e. The monoisotopic (exact) mass is 316 g/mol. The third kappa shape index (κ3) is 3.30. The Labute approximate surface area is 125 Å². The Morgan fingerprint density at radius 3 is 2.57 bits per heavy atom. The number of rotatable bonds is 3.